The van der Waals surface area contributed by atoms with E-state index in [1.165, 1.54) is 19.1 Å². The number of carboxylic acids is 1. The van der Waals surface area contributed by atoms with Gasteiger partial charge in [-0.15, -0.1) is 0 Å². The van der Waals surface area contributed by atoms with Crippen LogP contribution in [0.4, 0.5) is 10.5 Å². The quantitative estimate of drug-likeness (QED) is 0.652. The molecule has 116 valence electrons. The minimum Gasteiger partial charge on any atom is -0.481 e. The van der Waals surface area contributed by atoms with Crippen LogP contribution in [0.15, 0.2) is 12.1 Å². The van der Waals surface area contributed by atoms with Crippen molar-refractivity contribution in [3.63, 3.8) is 0 Å². The largest absolute Gasteiger partial charge is 0.481 e. The minimum atomic E-state index is -1.57. The molecule has 1 aromatic carbocycles. The lowest BCUT2D eigenvalue weighted by molar-refractivity contribution is -0.141. The summed E-state index contributed by atoms with van der Waals surface area (Å²) in [4.78, 5) is 22.2. The van der Waals surface area contributed by atoms with E-state index in [4.69, 9.17) is 39.9 Å². The maximum atomic E-state index is 11.7. The van der Waals surface area contributed by atoms with Crippen molar-refractivity contribution in [3.8, 4) is 0 Å². The second-order valence-corrected chi connectivity index (χ2v) is 5.87. The zero-order chi connectivity index (χ0) is 16.2. The van der Waals surface area contributed by atoms with Crippen LogP contribution in [-0.4, -0.2) is 34.4 Å². The summed E-state index contributed by atoms with van der Waals surface area (Å²) < 4.78 is 0. The highest BCUT2D eigenvalue weighted by molar-refractivity contribution is 6.42. The van der Waals surface area contributed by atoms with E-state index in [2.05, 4.69) is 10.6 Å². The standard InChI is InChI=1S/C12H13Cl3N2O4/c1-12(21,4-9(18)19)5-16-11(20)17-10-7(14)2-6(13)3-8(10)15/h2-3,21H,4-5H2,1H3,(H,18,19)(H2,16,17,20). The lowest BCUT2D eigenvalue weighted by Crippen LogP contribution is -2.43. The van der Waals surface area contributed by atoms with Crippen LogP contribution < -0.4 is 10.6 Å². The number of carbonyl (C=O) groups excluding carboxylic acids is 1. The van der Waals surface area contributed by atoms with Gasteiger partial charge in [-0.05, 0) is 19.1 Å². The number of hydrogen-bond acceptors (Lipinski definition) is 3. The molecule has 0 spiro atoms. The second kappa shape index (κ2) is 7.17. The number of anilines is 1. The van der Waals surface area contributed by atoms with Crippen molar-refractivity contribution < 1.29 is 19.8 Å². The Morgan fingerprint density at radius 3 is 2.24 bits per heavy atom. The Kier molecular flexibility index (Phi) is 6.10. The topological polar surface area (TPSA) is 98.7 Å². The molecule has 0 aromatic heterocycles. The highest BCUT2D eigenvalue weighted by Gasteiger charge is 2.25. The van der Waals surface area contributed by atoms with E-state index in [9.17, 15) is 14.7 Å². The van der Waals surface area contributed by atoms with Gasteiger partial charge in [-0.2, -0.15) is 0 Å². The van der Waals surface area contributed by atoms with Crippen LogP contribution in [0.1, 0.15) is 13.3 Å². The number of aliphatic hydroxyl groups is 1. The van der Waals surface area contributed by atoms with Crippen molar-refractivity contribution in [2.75, 3.05) is 11.9 Å². The lowest BCUT2D eigenvalue weighted by atomic mass is 10.0. The van der Waals surface area contributed by atoms with E-state index in [0.29, 0.717) is 5.02 Å². The van der Waals surface area contributed by atoms with Crippen molar-refractivity contribution in [1.82, 2.24) is 5.32 Å². The Bertz CT molecular complexity index is 540. The van der Waals surface area contributed by atoms with E-state index < -0.39 is 24.0 Å². The van der Waals surface area contributed by atoms with E-state index in [1.807, 2.05) is 0 Å². The molecule has 6 nitrogen and oxygen atoms in total. The first-order chi connectivity index (χ1) is 9.60. The fraction of sp³-hybridized carbons (Fsp3) is 0.333. The second-order valence-electron chi connectivity index (χ2n) is 4.62. The first-order valence-electron chi connectivity index (χ1n) is 5.74. The molecule has 1 aromatic rings. The Balaban J connectivity index is 2.65. The number of nitrogens with one attached hydrogen (secondary N) is 2. The van der Waals surface area contributed by atoms with Gasteiger partial charge >= 0.3 is 12.0 Å². The Morgan fingerprint density at radius 2 is 1.76 bits per heavy atom. The van der Waals surface area contributed by atoms with Gasteiger partial charge in [-0.25, -0.2) is 4.79 Å². The molecule has 0 aliphatic rings. The zero-order valence-corrected chi connectivity index (χ0v) is 13.2. The van der Waals surface area contributed by atoms with E-state index in [1.54, 1.807) is 0 Å². The zero-order valence-electron chi connectivity index (χ0n) is 10.9. The summed E-state index contributed by atoms with van der Waals surface area (Å²) in [6.45, 7) is 1.04. The maximum absolute atomic E-state index is 11.7. The molecule has 1 unspecified atom stereocenters. The molecular formula is C12H13Cl3N2O4. The SMILES string of the molecule is CC(O)(CNC(=O)Nc1c(Cl)cc(Cl)cc1Cl)CC(=O)O. The predicted octanol–water partition coefficient (Wildman–Crippen LogP) is 2.99. The fourth-order valence-electron chi connectivity index (χ4n) is 1.48. The molecule has 21 heavy (non-hydrogen) atoms. The van der Waals surface area contributed by atoms with Gasteiger partial charge in [-0.1, -0.05) is 34.8 Å². The Morgan fingerprint density at radius 1 is 1.24 bits per heavy atom. The normalized spacial score (nSPS) is 13.4. The maximum Gasteiger partial charge on any atom is 0.319 e. The Labute approximate surface area is 136 Å². The summed E-state index contributed by atoms with van der Waals surface area (Å²) in [6.07, 6.45) is -0.504. The van der Waals surface area contributed by atoms with Crippen molar-refractivity contribution in [2.24, 2.45) is 0 Å². The number of carbonyl (C=O) groups is 2. The van der Waals surface area contributed by atoms with Gasteiger partial charge in [0.05, 0.1) is 27.8 Å². The summed E-state index contributed by atoms with van der Waals surface area (Å²) in [5, 5.41) is 23.7. The van der Waals surface area contributed by atoms with Crippen molar-refractivity contribution >= 4 is 52.5 Å². The molecule has 0 bridgehead atoms. The average Bonchev–Trinajstić information content (AvgIpc) is 2.29. The molecule has 0 aliphatic heterocycles. The smallest absolute Gasteiger partial charge is 0.319 e. The molecule has 0 radical (unpaired) electrons. The summed E-state index contributed by atoms with van der Waals surface area (Å²) in [5.74, 6) is -1.18. The Hall–Kier alpha value is -1.21. The third-order valence-electron chi connectivity index (χ3n) is 2.41. The molecule has 2 amide bonds. The van der Waals surface area contributed by atoms with Crippen LogP contribution in [0.5, 0.6) is 0 Å². The van der Waals surface area contributed by atoms with Crippen LogP contribution in [0.3, 0.4) is 0 Å². The van der Waals surface area contributed by atoms with Crippen molar-refractivity contribution in [1.29, 1.82) is 0 Å². The van der Waals surface area contributed by atoms with Gasteiger partial charge < -0.3 is 20.8 Å². The number of hydrogen-bond donors (Lipinski definition) is 4. The fourth-order valence-corrected chi connectivity index (χ4v) is 2.39. The molecule has 9 heteroatoms. The summed E-state index contributed by atoms with van der Waals surface area (Å²) >= 11 is 17.5. The number of aliphatic carboxylic acids is 1. The van der Waals surface area contributed by atoms with Crippen LogP contribution >= 0.6 is 34.8 Å². The summed E-state index contributed by atoms with van der Waals surface area (Å²) in [7, 11) is 0. The number of benzene rings is 1. The third-order valence-corrected chi connectivity index (χ3v) is 3.22. The molecule has 4 N–H and O–H groups in total. The highest BCUT2D eigenvalue weighted by atomic mass is 35.5. The number of amides is 2. The van der Waals surface area contributed by atoms with Crippen molar-refractivity contribution in [2.45, 2.75) is 18.9 Å². The molecule has 1 atom stereocenters. The molecule has 0 aliphatic carbocycles. The van der Waals surface area contributed by atoms with Gasteiger partial charge in [-0.3, -0.25) is 4.79 Å². The van der Waals surface area contributed by atoms with Gasteiger partial charge in [0.1, 0.15) is 0 Å². The molecule has 0 saturated heterocycles. The molecule has 0 saturated carbocycles. The van der Waals surface area contributed by atoms with Crippen molar-refractivity contribution in [3.05, 3.63) is 27.2 Å². The first kappa shape index (κ1) is 17.8. The third kappa shape index (κ3) is 5.97. The van der Waals surface area contributed by atoms with Crippen LogP contribution in [0, 0.1) is 0 Å². The molecular weight excluding hydrogens is 343 g/mol. The van der Waals surface area contributed by atoms with Gasteiger partial charge in [0.25, 0.3) is 0 Å². The molecule has 1 rings (SSSR count). The van der Waals surface area contributed by atoms with E-state index in [-0.39, 0.29) is 22.3 Å². The lowest BCUT2D eigenvalue weighted by Gasteiger charge is -2.21. The number of urea groups is 1. The average molecular weight is 356 g/mol. The highest BCUT2D eigenvalue weighted by Crippen LogP contribution is 2.33. The van der Waals surface area contributed by atoms with Gasteiger partial charge in [0.15, 0.2) is 0 Å². The van der Waals surface area contributed by atoms with E-state index >= 15 is 0 Å². The summed E-state index contributed by atoms with van der Waals surface area (Å²) in [5.41, 5.74) is -1.41. The number of carboxylic acid groups (broad SMARTS) is 1. The molecule has 0 heterocycles. The van der Waals surface area contributed by atoms with Gasteiger partial charge in [0.2, 0.25) is 0 Å². The van der Waals surface area contributed by atoms with Crippen LogP contribution in [0.25, 0.3) is 0 Å². The number of rotatable bonds is 5. The minimum absolute atomic E-state index is 0.153. The summed E-state index contributed by atoms with van der Waals surface area (Å²) in [6, 6.07) is 2.13. The first-order valence-corrected chi connectivity index (χ1v) is 6.88. The van der Waals surface area contributed by atoms with Gasteiger partial charge in [0, 0.05) is 11.6 Å². The monoisotopic (exact) mass is 354 g/mol. The molecule has 0 fully saturated rings. The predicted molar refractivity (Wildman–Crippen MR) is 81.4 cm³/mol. The van der Waals surface area contributed by atoms with Crippen LogP contribution in [0.2, 0.25) is 15.1 Å². The number of halogens is 3. The van der Waals surface area contributed by atoms with E-state index in [0.717, 1.165) is 0 Å². The van der Waals surface area contributed by atoms with Crippen LogP contribution in [-0.2, 0) is 4.79 Å².